The van der Waals surface area contributed by atoms with Crippen LogP contribution in [0.25, 0.3) is 11.0 Å². The van der Waals surface area contributed by atoms with E-state index >= 15 is 0 Å². The molecule has 0 bridgehead atoms. The number of benzene rings is 3. The maximum Gasteiger partial charge on any atom is 0.244 e. The quantitative estimate of drug-likeness (QED) is 0.416. The molecule has 0 aliphatic rings. The molecule has 1 aromatic heterocycles. The molecule has 31 heavy (non-hydrogen) atoms. The second-order valence-electron chi connectivity index (χ2n) is 7.60. The molecule has 0 unspecified atom stereocenters. The van der Waals surface area contributed by atoms with Gasteiger partial charge in [0.15, 0.2) is 0 Å². The van der Waals surface area contributed by atoms with Gasteiger partial charge in [0.2, 0.25) is 5.91 Å². The Morgan fingerprint density at radius 3 is 2.65 bits per heavy atom. The number of rotatable bonds is 6. The average molecular weight is 434 g/mol. The lowest BCUT2D eigenvalue weighted by Crippen LogP contribution is -2.21. The maximum atomic E-state index is 12.9. The number of carbonyl (C=O) groups excluding carboxylic acids is 1. The summed E-state index contributed by atoms with van der Waals surface area (Å²) in [6, 6.07) is 19.2. The molecule has 6 heteroatoms. The predicted molar refractivity (Wildman–Crippen MR) is 125 cm³/mol. The van der Waals surface area contributed by atoms with Crippen LogP contribution in [0.1, 0.15) is 22.5 Å². The van der Waals surface area contributed by atoms with Crippen LogP contribution >= 0.6 is 11.6 Å². The van der Waals surface area contributed by atoms with Gasteiger partial charge in [-0.25, -0.2) is 4.98 Å². The summed E-state index contributed by atoms with van der Waals surface area (Å²) in [4.78, 5) is 17.6. The number of aromatic nitrogens is 2. The smallest absolute Gasteiger partial charge is 0.244 e. The largest absolute Gasteiger partial charge is 0.486 e. The Morgan fingerprint density at radius 1 is 1.03 bits per heavy atom. The summed E-state index contributed by atoms with van der Waals surface area (Å²) in [7, 11) is 0. The molecule has 1 N–H and O–H groups in total. The number of aryl methyl sites for hydroxylation is 2. The molecule has 0 saturated carbocycles. The number of fused-ring (bicyclic) bond motifs is 1. The SMILES string of the molecule is Cc1cc(OCc2nc3ccccc3n2CC(=O)Nc2cccc(C)c2C)ccc1Cl. The topological polar surface area (TPSA) is 56.2 Å². The van der Waals surface area contributed by atoms with Gasteiger partial charge in [0.1, 0.15) is 24.7 Å². The molecule has 1 heterocycles. The van der Waals surface area contributed by atoms with Crippen LogP contribution in [0.5, 0.6) is 5.75 Å². The van der Waals surface area contributed by atoms with Crippen LogP contribution in [0, 0.1) is 20.8 Å². The molecule has 1 amide bonds. The molecule has 0 radical (unpaired) electrons. The monoisotopic (exact) mass is 433 g/mol. The van der Waals surface area contributed by atoms with Crippen LogP contribution < -0.4 is 10.1 Å². The van der Waals surface area contributed by atoms with Gasteiger partial charge in [-0.05, 0) is 73.9 Å². The molecule has 4 rings (SSSR count). The van der Waals surface area contributed by atoms with E-state index in [1.165, 1.54) is 0 Å². The van der Waals surface area contributed by atoms with E-state index in [0.717, 1.165) is 33.4 Å². The minimum atomic E-state index is -0.111. The zero-order valence-electron chi connectivity index (χ0n) is 17.8. The molecule has 0 fully saturated rings. The fourth-order valence-corrected chi connectivity index (χ4v) is 3.60. The van der Waals surface area contributed by atoms with E-state index in [1.807, 2.05) is 86.0 Å². The van der Waals surface area contributed by atoms with E-state index in [0.29, 0.717) is 16.6 Å². The highest BCUT2D eigenvalue weighted by Crippen LogP contribution is 2.23. The van der Waals surface area contributed by atoms with E-state index < -0.39 is 0 Å². The van der Waals surface area contributed by atoms with Crippen LogP contribution in [0.4, 0.5) is 5.69 Å². The molecule has 0 aliphatic heterocycles. The molecule has 0 atom stereocenters. The van der Waals surface area contributed by atoms with Crippen molar-refractivity contribution in [2.24, 2.45) is 0 Å². The van der Waals surface area contributed by atoms with Crippen molar-refractivity contribution in [1.82, 2.24) is 9.55 Å². The van der Waals surface area contributed by atoms with Crippen molar-refractivity contribution in [3.63, 3.8) is 0 Å². The number of imidazole rings is 1. The number of carbonyl (C=O) groups is 1. The zero-order valence-corrected chi connectivity index (χ0v) is 18.5. The second-order valence-corrected chi connectivity index (χ2v) is 8.01. The number of amides is 1. The number of anilines is 1. The Hall–Kier alpha value is -3.31. The van der Waals surface area contributed by atoms with E-state index in [1.54, 1.807) is 0 Å². The fraction of sp³-hybridized carbons (Fsp3) is 0.200. The van der Waals surface area contributed by atoms with Crippen LogP contribution in [0.3, 0.4) is 0 Å². The summed E-state index contributed by atoms with van der Waals surface area (Å²) in [6.45, 7) is 6.36. The van der Waals surface area contributed by atoms with Gasteiger partial charge in [0.25, 0.3) is 0 Å². The van der Waals surface area contributed by atoms with Gasteiger partial charge >= 0.3 is 0 Å². The average Bonchev–Trinajstić information content (AvgIpc) is 3.09. The highest BCUT2D eigenvalue weighted by atomic mass is 35.5. The first kappa shape index (κ1) is 20.9. The van der Waals surface area contributed by atoms with Gasteiger partial charge < -0.3 is 14.6 Å². The van der Waals surface area contributed by atoms with E-state index in [4.69, 9.17) is 21.3 Å². The third-order valence-corrected chi connectivity index (χ3v) is 5.84. The summed E-state index contributed by atoms with van der Waals surface area (Å²) in [5.74, 6) is 1.28. The highest BCUT2D eigenvalue weighted by molar-refractivity contribution is 6.31. The first-order chi connectivity index (χ1) is 14.9. The molecule has 0 saturated heterocycles. The first-order valence-electron chi connectivity index (χ1n) is 10.1. The minimum absolute atomic E-state index is 0.111. The van der Waals surface area contributed by atoms with Crippen molar-refractivity contribution in [1.29, 1.82) is 0 Å². The fourth-order valence-electron chi connectivity index (χ4n) is 3.49. The summed E-state index contributed by atoms with van der Waals surface area (Å²) < 4.78 is 7.86. The standard InChI is InChI=1S/C25H24ClN3O2/c1-16-7-6-9-21(18(16)3)28-25(30)14-29-23-10-5-4-8-22(23)27-24(29)15-31-19-11-12-20(26)17(2)13-19/h4-13H,14-15H2,1-3H3,(H,28,30). The maximum absolute atomic E-state index is 12.9. The summed E-state index contributed by atoms with van der Waals surface area (Å²) >= 11 is 6.10. The van der Waals surface area contributed by atoms with Crippen molar-refractivity contribution in [3.05, 3.63) is 88.2 Å². The lowest BCUT2D eigenvalue weighted by Gasteiger charge is -2.13. The highest BCUT2D eigenvalue weighted by Gasteiger charge is 2.15. The van der Waals surface area contributed by atoms with Crippen molar-refractivity contribution >= 4 is 34.2 Å². The summed E-state index contributed by atoms with van der Waals surface area (Å²) in [6.07, 6.45) is 0. The molecule has 0 spiro atoms. The van der Waals surface area contributed by atoms with Gasteiger partial charge in [-0.1, -0.05) is 35.9 Å². The molecular formula is C25H24ClN3O2. The molecule has 5 nitrogen and oxygen atoms in total. The lowest BCUT2D eigenvalue weighted by atomic mass is 10.1. The molecule has 4 aromatic rings. The van der Waals surface area contributed by atoms with Crippen LogP contribution in [-0.4, -0.2) is 15.5 Å². The third kappa shape index (κ3) is 4.57. The van der Waals surface area contributed by atoms with E-state index in [-0.39, 0.29) is 19.1 Å². The summed E-state index contributed by atoms with van der Waals surface area (Å²) in [5.41, 5.74) is 5.69. The number of halogens is 1. The van der Waals surface area contributed by atoms with Gasteiger partial charge in [-0.3, -0.25) is 4.79 Å². The van der Waals surface area contributed by atoms with Crippen LogP contribution in [-0.2, 0) is 17.9 Å². The lowest BCUT2D eigenvalue weighted by molar-refractivity contribution is -0.116. The minimum Gasteiger partial charge on any atom is -0.486 e. The first-order valence-corrected chi connectivity index (χ1v) is 10.5. The third-order valence-electron chi connectivity index (χ3n) is 5.41. The van der Waals surface area contributed by atoms with Crippen molar-refractivity contribution < 1.29 is 9.53 Å². The molecular weight excluding hydrogens is 410 g/mol. The van der Waals surface area contributed by atoms with Crippen molar-refractivity contribution in [2.45, 2.75) is 33.9 Å². The number of nitrogens with zero attached hydrogens (tertiary/aromatic N) is 2. The van der Waals surface area contributed by atoms with Crippen LogP contribution in [0.15, 0.2) is 60.7 Å². The number of hydrogen-bond donors (Lipinski definition) is 1. The number of hydrogen-bond acceptors (Lipinski definition) is 3. The van der Waals surface area contributed by atoms with E-state index in [9.17, 15) is 4.79 Å². The summed E-state index contributed by atoms with van der Waals surface area (Å²) in [5, 5.41) is 3.72. The predicted octanol–water partition coefficient (Wildman–Crippen LogP) is 5.83. The Labute approximate surface area is 186 Å². The van der Waals surface area contributed by atoms with Crippen molar-refractivity contribution in [2.75, 3.05) is 5.32 Å². The second kappa shape index (κ2) is 8.82. The van der Waals surface area contributed by atoms with Gasteiger partial charge in [-0.2, -0.15) is 0 Å². The Morgan fingerprint density at radius 2 is 1.84 bits per heavy atom. The van der Waals surface area contributed by atoms with Crippen LogP contribution in [0.2, 0.25) is 5.02 Å². The van der Waals surface area contributed by atoms with Gasteiger partial charge in [0, 0.05) is 10.7 Å². The molecule has 0 aliphatic carbocycles. The normalized spacial score (nSPS) is 11.0. The van der Waals surface area contributed by atoms with Crippen molar-refractivity contribution in [3.8, 4) is 5.75 Å². The number of nitrogens with one attached hydrogen (secondary N) is 1. The zero-order chi connectivity index (χ0) is 22.0. The Kier molecular flexibility index (Phi) is 5.96. The molecule has 158 valence electrons. The molecule has 3 aromatic carbocycles. The van der Waals surface area contributed by atoms with Gasteiger partial charge in [0.05, 0.1) is 11.0 Å². The van der Waals surface area contributed by atoms with Gasteiger partial charge in [-0.15, -0.1) is 0 Å². The Balaban J connectivity index is 1.58. The number of ether oxygens (including phenoxy) is 1. The van der Waals surface area contributed by atoms with E-state index in [2.05, 4.69) is 5.32 Å². The number of para-hydroxylation sites is 2. The Bertz CT molecular complexity index is 1260.